The Kier molecular flexibility index (Phi) is 5.84. The summed E-state index contributed by atoms with van der Waals surface area (Å²) in [6, 6.07) is 0. The molecule has 0 saturated carbocycles. The van der Waals surface area contributed by atoms with Crippen LogP contribution in [0.4, 0.5) is 0 Å². The molecule has 0 radical (unpaired) electrons. The maximum atomic E-state index is 10.7. The lowest BCUT2D eigenvalue weighted by Crippen LogP contribution is -2.14. The Morgan fingerprint density at radius 2 is 2.09 bits per heavy atom. The molecule has 0 spiro atoms. The quantitative estimate of drug-likeness (QED) is 0.567. The number of rotatable bonds is 5. The molecular weight excluding hydrogens is 144 g/mol. The monoisotopic (exact) mass is 160 g/mol. The number of hydrogen-bond donors (Lipinski definition) is 0. The molecule has 0 aromatic rings. The zero-order chi connectivity index (χ0) is 8.69. The highest BCUT2D eigenvalue weighted by Gasteiger charge is 2.01. The Morgan fingerprint density at radius 3 is 2.55 bits per heavy atom. The molecule has 0 bridgehead atoms. The summed E-state index contributed by atoms with van der Waals surface area (Å²) in [7, 11) is 0. The summed E-state index contributed by atoms with van der Waals surface area (Å²) in [6.07, 6.45) is 0. The molecule has 3 nitrogen and oxygen atoms in total. The first-order chi connectivity index (χ1) is 5.16. The maximum absolute atomic E-state index is 10.7. The molecule has 0 aliphatic heterocycles. The Hall–Kier alpha value is -0.570. The van der Waals surface area contributed by atoms with Gasteiger partial charge in [-0.1, -0.05) is 13.8 Å². The Morgan fingerprint density at radius 1 is 1.45 bits per heavy atom. The van der Waals surface area contributed by atoms with E-state index in [2.05, 4.69) is 4.74 Å². The van der Waals surface area contributed by atoms with Crippen LogP contribution in [0.2, 0.25) is 0 Å². The van der Waals surface area contributed by atoms with E-state index in [1.807, 2.05) is 13.8 Å². The number of carbonyl (C=O) groups excluding carboxylic acids is 1. The Labute approximate surface area is 67.7 Å². The molecule has 0 unspecified atom stereocenters. The molecule has 0 amide bonds. The molecule has 0 saturated heterocycles. The molecule has 0 heterocycles. The molecule has 0 aromatic heterocycles. The summed E-state index contributed by atoms with van der Waals surface area (Å²) in [5, 5.41) is 0. The minimum atomic E-state index is -0.284. The number of ether oxygens (including phenoxy) is 2. The average molecular weight is 160 g/mol. The predicted octanol–water partition coefficient (Wildman–Crippen LogP) is 1.22. The summed E-state index contributed by atoms with van der Waals surface area (Å²) in [5.41, 5.74) is 0. The van der Waals surface area contributed by atoms with Crippen LogP contribution in [-0.4, -0.2) is 25.8 Å². The van der Waals surface area contributed by atoms with E-state index in [0.717, 1.165) is 0 Å². The van der Waals surface area contributed by atoms with Crippen molar-refractivity contribution >= 4 is 5.97 Å². The van der Waals surface area contributed by atoms with Gasteiger partial charge in [0.05, 0.1) is 6.61 Å². The topological polar surface area (TPSA) is 35.5 Å². The lowest BCUT2D eigenvalue weighted by atomic mass is 10.2. The van der Waals surface area contributed by atoms with E-state index >= 15 is 0 Å². The van der Waals surface area contributed by atoms with Gasteiger partial charge in [-0.25, -0.2) is 4.79 Å². The first-order valence-electron chi connectivity index (χ1n) is 3.90. The standard InChI is InChI=1S/C8H16O3/c1-4-11-8(9)6-10-5-7(2)3/h7H,4-6H2,1-3H3. The van der Waals surface area contributed by atoms with Gasteiger partial charge < -0.3 is 9.47 Å². The van der Waals surface area contributed by atoms with Crippen molar-refractivity contribution in [2.45, 2.75) is 20.8 Å². The van der Waals surface area contributed by atoms with E-state index in [1.54, 1.807) is 6.92 Å². The first kappa shape index (κ1) is 10.4. The van der Waals surface area contributed by atoms with E-state index in [-0.39, 0.29) is 12.6 Å². The molecule has 66 valence electrons. The maximum Gasteiger partial charge on any atom is 0.332 e. The molecule has 0 aliphatic rings. The van der Waals surface area contributed by atoms with Crippen LogP contribution in [0, 0.1) is 5.92 Å². The van der Waals surface area contributed by atoms with Crippen LogP contribution in [-0.2, 0) is 14.3 Å². The SMILES string of the molecule is CCOC(=O)COCC(C)C. The van der Waals surface area contributed by atoms with Gasteiger partial charge in [-0.05, 0) is 12.8 Å². The fourth-order valence-electron chi connectivity index (χ4n) is 0.581. The smallest absolute Gasteiger partial charge is 0.332 e. The van der Waals surface area contributed by atoms with Gasteiger partial charge in [-0.2, -0.15) is 0 Å². The van der Waals surface area contributed by atoms with Crippen LogP contribution < -0.4 is 0 Å². The normalized spacial score (nSPS) is 10.2. The second kappa shape index (κ2) is 6.16. The summed E-state index contributed by atoms with van der Waals surface area (Å²) in [6.45, 7) is 6.95. The van der Waals surface area contributed by atoms with Crippen LogP contribution in [0.5, 0.6) is 0 Å². The van der Waals surface area contributed by atoms with Gasteiger partial charge in [-0.3, -0.25) is 0 Å². The van der Waals surface area contributed by atoms with E-state index in [4.69, 9.17) is 4.74 Å². The van der Waals surface area contributed by atoms with Crippen LogP contribution >= 0.6 is 0 Å². The molecule has 3 heteroatoms. The van der Waals surface area contributed by atoms with Crippen molar-refractivity contribution < 1.29 is 14.3 Å². The predicted molar refractivity (Wildman–Crippen MR) is 42.3 cm³/mol. The highest BCUT2D eigenvalue weighted by molar-refractivity contribution is 5.70. The van der Waals surface area contributed by atoms with Crippen LogP contribution in [0.3, 0.4) is 0 Å². The van der Waals surface area contributed by atoms with Gasteiger partial charge in [-0.15, -0.1) is 0 Å². The van der Waals surface area contributed by atoms with E-state index < -0.39 is 0 Å². The van der Waals surface area contributed by atoms with E-state index in [1.165, 1.54) is 0 Å². The van der Waals surface area contributed by atoms with Crippen molar-refractivity contribution in [3.63, 3.8) is 0 Å². The molecule has 0 rings (SSSR count). The van der Waals surface area contributed by atoms with Crippen molar-refractivity contribution in [2.24, 2.45) is 5.92 Å². The van der Waals surface area contributed by atoms with Crippen molar-refractivity contribution in [3.05, 3.63) is 0 Å². The van der Waals surface area contributed by atoms with E-state index in [9.17, 15) is 4.79 Å². The zero-order valence-corrected chi connectivity index (χ0v) is 7.42. The molecule has 0 aliphatic carbocycles. The second-order valence-corrected chi connectivity index (χ2v) is 2.71. The summed E-state index contributed by atoms with van der Waals surface area (Å²) >= 11 is 0. The average Bonchev–Trinajstić information content (AvgIpc) is 1.87. The number of carbonyl (C=O) groups is 1. The Balaban J connectivity index is 3.17. The number of hydrogen-bond acceptors (Lipinski definition) is 3. The zero-order valence-electron chi connectivity index (χ0n) is 7.42. The Bertz CT molecular complexity index is 110. The van der Waals surface area contributed by atoms with Gasteiger partial charge in [0.25, 0.3) is 0 Å². The van der Waals surface area contributed by atoms with Crippen molar-refractivity contribution in [1.29, 1.82) is 0 Å². The van der Waals surface area contributed by atoms with Crippen LogP contribution in [0.25, 0.3) is 0 Å². The van der Waals surface area contributed by atoms with Crippen molar-refractivity contribution in [3.8, 4) is 0 Å². The lowest BCUT2D eigenvalue weighted by Gasteiger charge is -2.05. The van der Waals surface area contributed by atoms with Gasteiger partial charge in [0.15, 0.2) is 0 Å². The molecule has 11 heavy (non-hydrogen) atoms. The molecule has 0 N–H and O–H groups in total. The second-order valence-electron chi connectivity index (χ2n) is 2.71. The summed E-state index contributed by atoms with van der Waals surface area (Å²) < 4.78 is 9.69. The summed E-state index contributed by atoms with van der Waals surface area (Å²) in [5.74, 6) is 0.178. The third-order valence-electron chi connectivity index (χ3n) is 0.976. The van der Waals surface area contributed by atoms with Gasteiger partial charge in [0.2, 0.25) is 0 Å². The molecular formula is C8H16O3. The van der Waals surface area contributed by atoms with Gasteiger partial charge >= 0.3 is 5.97 Å². The van der Waals surface area contributed by atoms with Gasteiger partial charge in [0, 0.05) is 6.61 Å². The van der Waals surface area contributed by atoms with Crippen LogP contribution in [0.15, 0.2) is 0 Å². The minimum absolute atomic E-state index is 0.0754. The molecule has 0 aromatic carbocycles. The lowest BCUT2D eigenvalue weighted by molar-refractivity contribution is -0.148. The largest absolute Gasteiger partial charge is 0.464 e. The van der Waals surface area contributed by atoms with Gasteiger partial charge in [0.1, 0.15) is 6.61 Å². The van der Waals surface area contributed by atoms with E-state index in [0.29, 0.717) is 19.1 Å². The highest BCUT2D eigenvalue weighted by Crippen LogP contribution is 1.92. The van der Waals surface area contributed by atoms with Crippen LogP contribution in [0.1, 0.15) is 20.8 Å². The molecule has 0 atom stereocenters. The summed E-state index contributed by atoms with van der Waals surface area (Å²) in [4.78, 5) is 10.7. The third kappa shape index (κ3) is 7.33. The fourth-order valence-corrected chi connectivity index (χ4v) is 0.581. The fraction of sp³-hybridized carbons (Fsp3) is 0.875. The first-order valence-corrected chi connectivity index (χ1v) is 3.90. The third-order valence-corrected chi connectivity index (χ3v) is 0.976. The number of esters is 1. The van der Waals surface area contributed by atoms with Crippen molar-refractivity contribution in [2.75, 3.05) is 19.8 Å². The minimum Gasteiger partial charge on any atom is -0.464 e. The van der Waals surface area contributed by atoms with Crippen molar-refractivity contribution in [1.82, 2.24) is 0 Å². The molecule has 0 fully saturated rings. The highest BCUT2D eigenvalue weighted by atomic mass is 16.6.